The van der Waals surface area contributed by atoms with E-state index in [0.29, 0.717) is 22.8 Å². The molecule has 0 spiro atoms. The molecule has 1 unspecified atom stereocenters. The number of aryl methyl sites for hydroxylation is 1. The number of hydrogen-bond donors (Lipinski definition) is 2. The Hall–Kier alpha value is -4.78. The molecule has 0 aliphatic carbocycles. The van der Waals surface area contributed by atoms with Crippen molar-refractivity contribution in [1.82, 2.24) is 0 Å². The number of anilines is 3. The van der Waals surface area contributed by atoms with Gasteiger partial charge in [0.15, 0.2) is 0 Å². The van der Waals surface area contributed by atoms with Gasteiger partial charge in [0.05, 0.1) is 17.9 Å². The van der Waals surface area contributed by atoms with Crippen molar-refractivity contribution < 1.29 is 23.8 Å². The number of benzene rings is 3. The van der Waals surface area contributed by atoms with Crippen molar-refractivity contribution in [1.29, 1.82) is 0 Å². The van der Waals surface area contributed by atoms with Crippen LogP contribution in [0.5, 0.6) is 5.75 Å². The second kappa shape index (κ2) is 10.3. The fourth-order valence-electron chi connectivity index (χ4n) is 4.55. The van der Waals surface area contributed by atoms with E-state index in [1.165, 1.54) is 11.2 Å². The highest BCUT2D eigenvalue weighted by Crippen LogP contribution is 2.43. The normalized spacial score (nSPS) is 16.7. The Labute approximate surface area is 221 Å². The van der Waals surface area contributed by atoms with Gasteiger partial charge < -0.3 is 19.6 Å². The van der Waals surface area contributed by atoms with E-state index < -0.39 is 17.7 Å². The number of rotatable bonds is 7. The van der Waals surface area contributed by atoms with Crippen molar-refractivity contribution in [3.8, 4) is 5.75 Å². The zero-order chi connectivity index (χ0) is 26.8. The van der Waals surface area contributed by atoms with Gasteiger partial charge in [-0.1, -0.05) is 18.2 Å². The van der Waals surface area contributed by atoms with Gasteiger partial charge in [-0.15, -0.1) is 0 Å². The lowest BCUT2D eigenvalue weighted by molar-refractivity contribution is -0.132. The molecule has 1 amide bonds. The first-order chi connectivity index (χ1) is 18.3. The van der Waals surface area contributed by atoms with Crippen LogP contribution in [0, 0.1) is 6.92 Å². The highest BCUT2D eigenvalue weighted by molar-refractivity contribution is 6.51. The van der Waals surface area contributed by atoms with E-state index in [1.54, 1.807) is 42.5 Å². The molecule has 0 bridgehead atoms. The largest absolute Gasteiger partial charge is 0.507 e. The summed E-state index contributed by atoms with van der Waals surface area (Å²) in [5, 5.41) is 14.6. The minimum absolute atomic E-state index is 0.00768. The minimum atomic E-state index is -0.926. The summed E-state index contributed by atoms with van der Waals surface area (Å²) in [6.07, 6.45) is 1.47. The fourth-order valence-corrected chi connectivity index (χ4v) is 4.55. The number of furan rings is 1. The number of para-hydroxylation sites is 1. The topological polar surface area (TPSA) is 92.0 Å². The number of amides is 1. The summed E-state index contributed by atoms with van der Waals surface area (Å²) in [7, 11) is 0. The number of nitrogens with zero attached hydrogens (tertiary/aromatic N) is 1. The number of ketones is 1. The van der Waals surface area contributed by atoms with Crippen LogP contribution in [0.4, 0.5) is 17.1 Å². The Kier molecular flexibility index (Phi) is 6.75. The Balaban J connectivity index is 1.53. The summed E-state index contributed by atoms with van der Waals surface area (Å²) >= 11 is 0. The van der Waals surface area contributed by atoms with Gasteiger partial charge in [0.25, 0.3) is 11.7 Å². The predicted molar refractivity (Wildman–Crippen MR) is 147 cm³/mol. The molecule has 1 atom stereocenters. The van der Waals surface area contributed by atoms with Gasteiger partial charge in [-0.05, 0) is 93.1 Å². The van der Waals surface area contributed by atoms with Crippen LogP contribution in [0.3, 0.4) is 0 Å². The van der Waals surface area contributed by atoms with E-state index in [4.69, 9.17) is 9.15 Å². The van der Waals surface area contributed by atoms with E-state index in [1.807, 2.05) is 63.2 Å². The van der Waals surface area contributed by atoms with E-state index >= 15 is 0 Å². The third-order valence-corrected chi connectivity index (χ3v) is 6.28. The fraction of sp³-hybridized carbons (Fsp3) is 0.161. The Morgan fingerprint density at radius 3 is 2.29 bits per heavy atom. The number of hydrogen-bond acceptors (Lipinski definition) is 6. The molecule has 3 aromatic carbocycles. The maximum Gasteiger partial charge on any atom is 0.300 e. The maximum atomic E-state index is 13.3. The smallest absolute Gasteiger partial charge is 0.300 e. The van der Waals surface area contributed by atoms with Gasteiger partial charge in [0, 0.05) is 22.6 Å². The molecular formula is C31H28N2O5. The van der Waals surface area contributed by atoms with Gasteiger partial charge >= 0.3 is 0 Å². The van der Waals surface area contributed by atoms with E-state index in [2.05, 4.69) is 5.32 Å². The summed E-state index contributed by atoms with van der Waals surface area (Å²) in [6.45, 7) is 5.73. The molecule has 0 saturated carbocycles. The van der Waals surface area contributed by atoms with Crippen LogP contribution in [0.1, 0.15) is 36.8 Å². The molecular weight excluding hydrogens is 480 g/mol. The first-order valence-electron chi connectivity index (χ1n) is 12.4. The molecule has 1 aliphatic heterocycles. The van der Waals surface area contributed by atoms with Gasteiger partial charge in [0.2, 0.25) is 0 Å². The molecule has 1 aromatic heterocycles. The van der Waals surface area contributed by atoms with Crippen molar-refractivity contribution in [3.05, 3.63) is 114 Å². The van der Waals surface area contributed by atoms with Crippen molar-refractivity contribution in [2.45, 2.75) is 32.9 Å². The minimum Gasteiger partial charge on any atom is -0.507 e. The molecule has 2 heterocycles. The maximum absolute atomic E-state index is 13.3. The molecule has 1 saturated heterocycles. The average molecular weight is 509 g/mol. The average Bonchev–Trinajstić information content (AvgIpc) is 3.53. The second-order valence-electron chi connectivity index (χ2n) is 9.37. The molecule has 0 radical (unpaired) electrons. The number of nitrogens with one attached hydrogen (secondary N) is 1. The summed E-state index contributed by atoms with van der Waals surface area (Å²) in [4.78, 5) is 28.0. The van der Waals surface area contributed by atoms with Gasteiger partial charge in [0.1, 0.15) is 23.3 Å². The molecule has 7 nitrogen and oxygen atoms in total. The molecule has 192 valence electrons. The summed E-state index contributed by atoms with van der Waals surface area (Å²) in [5.74, 6) is -0.741. The highest BCUT2D eigenvalue weighted by Gasteiger charge is 2.48. The zero-order valence-corrected chi connectivity index (χ0v) is 21.3. The molecule has 2 N–H and O–H groups in total. The number of Topliss-reactive ketones (excluding diaryl/α,β-unsaturated/α-hetero) is 1. The third-order valence-electron chi connectivity index (χ3n) is 6.28. The van der Waals surface area contributed by atoms with Crippen molar-refractivity contribution in [2.75, 3.05) is 10.2 Å². The van der Waals surface area contributed by atoms with Crippen molar-refractivity contribution in [2.24, 2.45) is 0 Å². The number of carbonyl (C=O) groups is 2. The zero-order valence-electron chi connectivity index (χ0n) is 21.3. The number of carbonyl (C=O) groups excluding carboxylic acids is 2. The Morgan fingerprint density at radius 2 is 1.66 bits per heavy atom. The number of ether oxygens (including phenoxy) is 1. The van der Waals surface area contributed by atoms with Crippen molar-refractivity contribution in [3.63, 3.8) is 0 Å². The Bertz CT molecular complexity index is 1490. The van der Waals surface area contributed by atoms with Crippen molar-refractivity contribution >= 4 is 34.5 Å². The van der Waals surface area contributed by atoms with E-state index in [9.17, 15) is 14.7 Å². The lowest BCUT2D eigenvalue weighted by Gasteiger charge is -2.23. The summed E-state index contributed by atoms with van der Waals surface area (Å²) in [5.41, 5.74) is 3.43. The van der Waals surface area contributed by atoms with E-state index in [-0.39, 0.29) is 17.4 Å². The highest BCUT2D eigenvalue weighted by atomic mass is 16.5. The Morgan fingerprint density at radius 1 is 0.947 bits per heavy atom. The van der Waals surface area contributed by atoms with Crippen LogP contribution >= 0.6 is 0 Å². The van der Waals surface area contributed by atoms with Crippen LogP contribution in [0.2, 0.25) is 0 Å². The summed E-state index contributed by atoms with van der Waals surface area (Å²) < 4.78 is 11.4. The molecule has 38 heavy (non-hydrogen) atoms. The lowest BCUT2D eigenvalue weighted by atomic mass is 9.98. The van der Waals surface area contributed by atoms with Crippen LogP contribution in [-0.4, -0.2) is 22.9 Å². The standard InChI is InChI=1S/C31H28N2O5/c1-19(2)38-25-16-11-21(18-20(25)3)29(34)27-28(26-10-7-17-37-26)33(31(36)30(27)35)24-14-12-23(13-15-24)32-22-8-5-4-6-9-22/h4-19,28,32,34H,1-3H3/b29-27-. The molecule has 7 heteroatoms. The quantitative estimate of drug-likeness (QED) is 0.163. The molecule has 1 aliphatic rings. The van der Waals surface area contributed by atoms with Gasteiger partial charge in [-0.2, -0.15) is 0 Å². The van der Waals surface area contributed by atoms with Crippen LogP contribution in [-0.2, 0) is 9.59 Å². The second-order valence-corrected chi connectivity index (χ2v) is 9.37. The summed E-state index contributed by atoms with van der Waals surface area (Å²) in [6, 6.07) is 24.5. The third kappa shape index (κ3) is 4.78. The lowest BCUT2D eigenvalue weighted by Crippen LogP contribution is -2.29. The first-order valence-corrected chi connectivity index (χ1v) is 12.4. The van der Waals surface area contributed by atoms with E-state index in [0.717, 1.165) is 16.9 Å². The predicted octanol–water partition coefficient (Wildman–Crippen LogP) is 6.75. The van der Waals surface area contributed by atoms with Crippen LogP contribution in [0.15, 0.2) is 101 Å². The molecule has 1 fully saturated rings. The number of aliphatic hydroxyl groups is 1. The van der Waals surface area contributed by atoms with Crippen LogP contribution < -0.4 is 15.0 Å². The van der Waals surface area contributed by atoms with Gasteiger partial charge in [-0.25, -0.2) is 0 Å². The SMILES string of the molecule is Cc1cc(/C(O)=C2/C(=O)C(=O)N(c3ccc(Nc4ccccc4)cc3)C2c2ccco2)ccc1OC(C)C. The first kappa shape index (κ1) is 24.9. The number of aliphatic hydroxyl groups excluding tert-OH is 1. The van der Waals surface area contributed by atoms with Gasteiger partial charge in [-0.3, -0.25) is 14.5 Å². The molecule has 5 rings (SSSR count). The molecule has 4 aromatic rings. The monoisotopic (exact) mass is 508 g/mol. The van der Waals surface area contributed by atoms with Crippen LogP contribution in [0.25, 0.3) is 5.76 Å².